The number of nitrogen functional groups attached to an aromatic ring is 1. The standard InChI is InChI=1S/C14H13N3O4S/c1-19-8-2-6(3-9-11(8)21-5-20-9)7-4-10(18)16-13-12(7)22-14(15)17-13/h2-3,7H,4-5H2,1H3,(H2,15,17)(H,16,18)/t7-/m1/s1. The Morgan fingerprint density at radius 2 is 2.32 bits per heavy atom. The number of nitrogens with zero attached hydrogens (tertiary/aromatic N) is 1. The number of benzene rings is 1. The minimum atomic E-state index is -0.123. The fourth-order valence-electron chi connectivity index (χ4n) is 2.76. The van der Waals surface area contributed by atoms with E-state index in [0.717, 1.165) is 10.4 Å². The van der Waals surface area contributed by atoms with Crippen LogP contribution in [0.5, 0.6) is 17.2 Å². The van der Waals surface area contributed by atoms with E-state index in [1.807, 2.05) is 12.1 Å². The topological polar surface area (TPSA) is 95.7 Å². The monoisotopic (exact) mass is 319 g/mol. The molecule has 0 fully saturated rings. The molecule has 1 atom stereocenters. The number of amides is 1. The lowest BCUT2D eigenvalue weighted by Crippen LogP contribution is -2.22. The Kier molecular flexibility index (Phi) is 2.86. The normalized spacial score (nSPS) is 18.8. The first kappa shape index (κ1) is 13.2. The number of aromatic nitrogens is 1. The van der Waals surface area contributed by atoms with E-state index < -0.39 is 0 Å². The van der Waals surface area contributed by atoms with E-state index in [0.29, 0.717) is 34.6 Å². The van der Waals surface area contributed by atoms with Crippen molar-refractivity contribution in [1.82, 2.24) is 4.98 Å². The van der Waals surface area contributed by atoms with E-state index in [9.17, 15) is 4.79 Å². The summed E-state index contributed by atoms with van der Waals surface area (Å²) in [6.07, 6.45) is 0.331. The second-order valence-corrected chi connectivity index (χ2v) is 6.09. The highest BCUT2D eigenvalue weighted by Crippen LogP contribution is 2.47. The maximum absolute atomic E-state index is 11.9. The van der Waals surface area contributed by atoms with Crippen LogP contribution in [0.15, 0.2) is 12.1 Å². The molecule has 0 radical (unpaired) electrons. The molecule has 8 heteroatoms. The van der Waals surface area contributed by atoms with Gasteiger partial charge in [0, 0.05) is 12.3 Å². The quantitative estimate of drug-likeness (QED) is 0.878. The molecule has 0 aliphatic carbocycles. The van der Waals surface area contributed by atoms with Crippen LogP contribution >= 0.6 is 11.3 Å². The number of rotatable bonds is 2. The van der Waals surface area contributed by atoms with E-state index in [1.165, 1.54) is 11.3 Å². The van der Waals surface area contributed by atoms with Gasteiger partial charge in [0.05, 0.1) is 12.0 Å². The number of fused-ring (bicyclic) bond motifs is 2. The van der Waals surface area contributed by atoms with Crippen molar-refractivity contribution in [3.63, 3.8) is 0 Å². The molecule has 0 spiro atoms. The number of carbonyl (C=O) groups excluding carboxylic acids is 1. The first-order chi connectivity index (χ1) is 10.7. The maximum Gasteiger partial charge on any atom is 0.231 e. The zero-order valence-electron chi connectivity index (χ0n) is 11.7. The summed E-state index contributed by atoms with van der Waals surface area (Å²) < 4.78 is 16.2. The smallest absolute Gasteiger partial charge is 0.231 e. The molecule has 3 N–H and O–H groups in total. The van der Waals surface area contributed by atoms with Gasteiger partial charge in [0.25, 0.3) is 0 Å². The highest BCUT2D eigenvalue weighted by atomic mass is 32.1. The van der Waals surface area contributed by atoms with Crippen molar-refractivity contribution < 1.29 is 19.0 Å². The number of methoxy groups -OCH3 is 1. The average Bonchev–Trinajstić information content (AvgIpc) is 3.10. The average molecular weight is 319 g/mol. The number of hydrogen-bond donors (Lipinski definition) is 2. The van der Waals surface area contributed by atoms with Gasteiger partial charge in [0.15, 0.2) is 16.6 Å². The van der Waals surface area contributed by atoms with Gasteiger partial charge in [-0.15, -0.1) is 0 Å². The van der Waals surface area contributed by atoms with E-state index in [1.54, 1.807) is 7.11 Å². The Bertz CT molecular complexity index is 774. The van der Waals surface area contributed by atoms with Crippen LogP contribution in [0, 0.1) is 0 Å². The number of nitrogens with one attached hydrogen (secondary N) is 1. The van der Waals surface area contributed by atoms with Crippen molar-refractivity contribution in [2.75, 3.05) is 25.0 Å². The highest BCUT2D eigenvalue weighted by Gasteiger charge is 2.32. The van der Waals surface area contributed by atoms with Crippen molar-refractivity contribution in [2.45, 2.75) is 12.3 Å². The van der Waals surface area contributed by atoms with Gasteiger partial charge in [-0.3, -0.25) is 4.79 Å². The Balaban J connectivity index is 1.84. The third kappa shape index (κ3) is 1.95. The molecular formula is C14H13N3O4S. The molecule has 114 valence electrons. The Hall–Kier alpha value is -2.48. The van der Waals surface area contributed by atoms with E-state index in [4.69, 9.17) is 19.9 Å². The van der Waals surface area contributed by atoms with Gasteiger partial charge in [-0.25, -0.2) is 4.98 Å². The zero-order chi connectivity index (χ0) is 15.3. The molecule has 0 unspecified atom stereocenters. The SMILES string of the molecule is COc1cc([C@H]2CC(=O)Nc3nc(N)sc32)cc2c1OCO2. The Labute approximate surface area is 130 Å². The second kappa shape index (κ2) is 4.77. The predicted molar refractivity (Wildman–Crippen MR) is 80.7 cm³/mol. The summed E-state index contributed by atoms with van der Waals surface area (Å²) in [6, 6.07) is 3.75. The van der Waals surface area contributed by atoms with Crippen molar-refractivity contribution >= 4 is 28.2 Å². The molecule has 2 aromatic rings. The molecule has 22 heavy (non-hydrogen) atoms. The lowest BCUT2D eigenvalue weighted by atomic mass is 9.91. The molecule has 1 aromatic carbocycles. The molecule has 1 amide bonds. The highest BCUT2D eigenvalue weighted by molar-refractivity contribution is 7.16. The fourth-order valence-corrected chi connectivity index (χ4v) is 3.67. The Morgan fingerprint density at radius 3 is 3.14 bits per heavy atom. The third-order valence-electron chi connectivity index (χ3n) is 3.72. The lowest BCUT2D eigenvalue weighted by Gasteiger charge is -2.22. The van der Waals surface area contributed by atoms with Crippen molar-refractivity contribution in [2.24, 2.45) is 0 Å². The van der Waals surface area contributed by atoms with Crippen LogP contribution in [-0.4, -0.2) is 24.8 Å². The summed E-state index contributed by atoms with van der Waals surface area (Å²) in [5, 5.41) is 3.19. The maximum atomic E-state index is 11.9. The number of carbonyl (C=O) groups is 1. The first-order valence-corrected chi connectivity index (χ1v) is 7.51. The fraction of sp³-hybridized carbons (Fsp3) is 0.286. The van der Waals surface area contributed by atoms with E-state index in [-0.39, 0.29) is 18.6 Å². The molecule has 0 bridgehead atoms. The molecule has 1 aromatic heterocycles. The molecule has 2 aliphatic rings. The van der Waals surface area contributed by atoms with Crippen LogP contribution < -0.4 is 25.3 Å². The molecule has 0 saturated carbocycles. The van der Waals surface area contributed by atoms with Crippen LogP contribution in [0.3, 0.4) is 0 Å². The van der Waals surface area contributed by atoms with Gasteiger partial charge in [0.2, 0.25) is 18.4 Å². The van der Waals surface area contributed by atoms with Gasteiger partial charge in [-0.05, 0) is 17.7 Å². The number of nitrogens with two attached hydrogens (primary N) is 1. The minimum Gasteiger partial charge on any atom is -0.493 e. The summed E-state index contributed by atoms with van der Waals surface area (Å²) in [4.78, 5) is 17.0. The van der Waals surface area contributed by atoms with Crippen LogP contribution in [0.4, 0.5) is 10.9 Å². The minimum absolute atomic E-state index is 0.0839. The van der Waals surface area contributed by atoms with Crippen molar-refractivity contribution in [1.29, 1.82) is 0 Å². The van der Waals surface area contributed by atoms with Crippen molar-refractivity contribution in [3.8, 4) is 17.2 Å². The molecule has 2 aliphatic heterocycles. The van der Waals surface area contributed by atoms with Gasteiger partial charge in [-0.1, -0.05) is 11.3 Å². The third-order valence-corrected chi connectivity index (χ3v) is 4.72. The largest absolute Gasteiger partial charge is 0.493 e. The Morgan fingerprint density at radius 1 is 1.45 bits per heavy atom. The van der Waals surface area contributed by atoms with Crippen LogP contribution in [0.1, 0.15) is 22.8 Å². The van der Waals surface area contributed by atoms with Gasteiger partial charge in [0.1, 0.15) is 5.82 Å². The number of ether oxygens (including phenoxy) is 3. The summed E-state index contributed by atoms with van der Waals surface area (Å²) >= 11 is 1.38. The van der Waals surface area contributed by atoms with E-state index >= 15 is 0 Å². The summed E-state index contributed by atoms with van der Waals surface area (Å²) in [7, 11) is 1.57. The molecule has 0 saturated heterocycles. The first-order valence-electron chi connectivity index (χ1n) is 6.69. The molecule has 4 rings (SSSR count). The van der Waals surface area contributed by atoms with Gasteiger partial charge in [-0.2, -0.15) is 0 Å². The molecular weight excluding hydrogens is 306 g/mol. The lowest BCUT2D eigenvalue weighted by molar-refractivity contribution is -0.116. The molecule has 3 heterocycles. The summed E-state index contributed by atoms with van der Waals surface area (Å²) in [5.41, 5.74) is 6.69. The number of thiazole rings is 1. The molecule has 7 nitrogen and oxygen atoms in total. The van der Waals surface area contributed by atoms with E-state index in [2.05, 4.69) is 10.3 Å². The number of anilines is 2. The van der Waals surface area contributed by atoms with Crippen molar-refractivity contribution in [3.05, 3.63) is 22.6 Å². The predicted octanol–water partition coefficient (Wildman–Crippen LogP) is 1.94. The van der Waals surface area contributed by atoms with Crippen LogP contribution in [0.2, 0.25) is 0 Å². The van der Waals surface area contributed by atoms with Crippen LogP contribution in [-0.2, 0) is 4.79 Å². The van der Waals surface area contributed by atoms with Gasteiger partial charge < -0.3 is 25.3 Å². The van der Waals surface area contributed by atoms with Gasteiger partial charge >= 0.3 is 0 Å². The summed E-state index contributed by atoms with van der Waals surface area (Å²) in [5.74, 6) is 2.15. The second-order valence-electron chi connectivity index (χ2n) is 5.03. The van der Waals surface area contributed by atoms with Crippen LogP contribution in [0.25, 0.3) is 0 Å². The zero-order valence-corrected chi connectivity index (χ0v) is 12.5. The summed E-state index contributed by atoms with van der Waals surface area (Å²) in [6.45, 7) is 0.166. The number of hydrogen-bond acceptors (Lipinski definition) is 7.